The lowest BCUT2D eigenvalue weighted by Gasteiger charge is -2.06. The molecule has 0 fully saturated rings. The summed E-state index contributed by atoms with van der Waals surface area (Å²) in [5.41, 5.74) is 1.10. The molecule has 2 N–H and O–H groups in total. The Kier molecular flexibility index (Phi) is 4.63. The molecule has 8 heteroatoms. The van der Waals surface area contributed by atoms with Crippen LogP contribution < -0.4 is 5.32 Å². The van der Waals surface area contributed by atoms with E-state index in [1.54, 1.807) is 6.07 Å². The van der Waals surface area contributed by atoms with E-state index in [-0.39, 0.29) is 12.2 Å². The Morgan fingerprint density at radius 2 is 2.04 bits per heavy atom. The van der Waals surface area contributed by atoms with E-state index in [0.29, 0.717) is 35.0 Å². The van der Waals surface area contributed by atoms with Crippen LogP contribution in [-0.2, 0) is 4.79 Å². The van der Waals surface area contributed by atoms with E-state index >= 15 is 0 Å². The predicted molar refractivity (Wildman–Crippen MR) is 90.5 cm³/mol. The van der Waals surface area contributed by atoms with Crippen molar-refractivity contribution in [1.82, 2.24) is 9.97 Å². The van der Waals surface area contributed by atoms with Crippen molar-refractivity contribution in [3.63, 3.8) is 0 Å². The van der Waals surface area contributed by atoms with E-state index in [1.165, 1.54) is 22.7 Å². The molecule has 0 atom stereocenters. The molecule has 3 rings (SSSR count). The van der Waals surface area contributed by atoms with E-state index in [0.717, 1.165) is 4.70 Å². The van der Waals surface area contributed by atoms with Gasteiger partial charge in [-0.25, -0.2) is 9.97 Å². The largest absolute Gasteiger partial charge is 0.481 e. The van der Waals surface area contributed by atoms with E-state index in [4.69, 9.17) is 5.11 Å². The molecule has 6 nitrogen and oxygen atoms in total. The number of rotatable bonds is 7. The van der Waals surface area contributed by atoms with Crippen molar-refractivity contribution >= 4 is 50.6 Å². The summed E-state index contributed by atoms with van der Waals surface area (Å²) in [6.45, 7) is 0.439. The zero-order chi connectivity index (χ0) is 16.2. The van der Waals surface area contributed by atoms with Crippen LogP contribution in [0.25, 0.3) is 10.2 Å². The number of aliphatic carboxylic acids is 1. The monoisotopic (exact) mass is 347 g/mol. The lowest BCUT2D eigenvalue weighted by molar-refractivity contribution is -0.137. The molecule has 0 spiro atoms. The summed E-state index contributed by atoms with van der Waals surface area (Å²) in [6, 6.07) is 5.44. The highest BCUT2D eigenvalue weighted by Gasteiger charge is 2.18. The van der Waals surface area contributed by atoms with Crippen molar-refractivity contribution in [1.29, 1.82) is 0 Å². The summed E-state index contributed by atoms with van der Waals surface area (Å²) in [5.74, 6) is -0.612. The van der Waals surface area contributed by atoms with Crippen LogP contribution >= 0.6 is 22.7 Å². The fraction of sp³-hybridized carbons (Fsp3) is 0.200. The number of carboxylic acid groups (broad SMARTS) is 1. The summed E-state index contributed by atoms with van der Waals surface area (Å²) in [6.07, 6.45) is 0.545. The maximum Gasteiger partial charge on any atom is 0.303 e. The molecular weight excluding hydrogens is 334 g/mol. The molecule has 0 bridgehead atoms. The first-order valence-corrected chi connectivity index (χ1v) is 8.70. The molecule has 3 aromatic heterocycles. The smallest absolute Gasteiger partial charge is 0.303 e. The third-order valence-corrected chi connectivity index (χ3v) is 4.89. The van der Waals surface area contributed by atoms with Gasteiger partial charge >= 0.3 is 5.97 Å². The molecule has 0 aromatic carbocycles. The van der Waals surface area contributed by atoms with Crippen molar-refractivity contribution in [2.45, 2.75) is 12.8 Å². The number of nitrogens with one attached hydrogen (secondary N) is 1. The third kappa shape index (κ3) is 3.54. The van der Waals surface area contributed by atoms with Crippen LogP contribution in [0.1, 0.15) is 28.2 Å². The molecule has 0 aliphatic rings. The number of thiophene rings is 2. The number of ketones is 1. The van der Waals surface area contributed by atoms with Crippen LogP contribution in [0.4, 0.5) is 5.95 Å². The summed E-state index contributed by atoms with van der Waals surface area (Å²) >= 11 is 2.81. The molecule has 3 aromatic rings. The van der Waals surface area contributed by atoms with Crippen LogP contribution in [0.2, 0.25) is 0 Å². The highest BCUT2D eigenvalue weighted by molar-refractivity contribution is 7.17. The van der Waals surface area contributed by atoms with Gasteiger partial charge in [0.2, 0.25) is 11.7 Å². The highest BCUT2D eigenvalue weighted by Crippen LogP contribution is 2.26. The average molecular weight is 347 g/mol. The van der Waals surface area contributed by atoms with Crippen LogP contribution in [0, 0.1) is 0 Å². The standard InChI is InChI=1S/C15H13N3O3S2/c19-11(20)4-1-6-16-15-17-9-5-8-23-14(9)12(18-15)13(21)10-3-2-7-22-10/h2-3,5,7-8H,1,4,6H2,(H,19,20)(H,16,17,18). The maximum absolute atomic E-state index is 12.6. The number of carbonyl (C=O) groups excluding carboxylic acids is 1. The Hall–Kier alpha value is -2.32. The molecule has 23 heavy (non-hydrogen) atoms. The zero-order valence-electron chi connectivity index (χ0n) is 12.0. The Balaban J connectivity index is 1.86. The van der Waals surface area contributed by atoms with Gasteiger partial charge < -0.3 is 10.4 Å². The molecule has 0 aliphatic carbocycles. The predicted octanol–water partition coefficient (Wildman–Crippen LogP) is 3.26. The van der Waals surface area contributed by atoms with Crippen LogP contribution in [0.15, 0.2) is 29.0 Å². The molecular formula is C15H13N3O3S2. The Morgan fingerprint density at radius 3 is 2.78 bits per heavy atom. The van der Waals surface area contributed by atoms with Crippen molar-refractivity contribution in [3.05, 3.63) is 39.5 Å². The van der Waals surface area contributed by atoms with Crippen LogP contribution in [0.3, 0.4) is 0 Å². The lowest BCUT2D eigenvalue weighted by atomic mass is 10.2. The van der Waals surface area contributed by atoms with Gasteiger partial charge in [-0.05, 0) is 29.3 Å². The minimum Gasteiger partial charge on any atom is -0.481 e. The minimum atomic E-state index is -0.838. The Labute approximate surface area is 139 Å². The molecule has 0 saturated carbocycles. The minimum absolute atomic E-state index is 0.0781. The lowest BCUT2D eigenvalue weighted by Crippen LogP contribution is -2.11. The van der Waals surface area contributed by atoms with Gasteiger partial charge in [0.15, 0.2) is 0 Å². The molecule has 3 heterocycles. The van der Waals surface area contributed by atoms with Gasteiger partial charge in [-0.1, -0.05) is 6.07 Å². The number of carboxylic acids is 1. The van der Waals surface area contributed by atoms with Gasteiger partial charge in [-0.15, -0.1) is 22.7 Å². The molecule has 0 amide bonds. The van der Waals surface area contributed by atoms with Gasteiger partial charge in [-0.3, -0.25) is 9.59 Å². The maximum atomic E-state index is 12.6. The number of hydrogen-bond acceptors (Lipinski definition) is 7. The second-order valence-electron chi connectivity index (χ2n) is 4.76. The molecule has 118 valence electrons. The summed E-state index contributed by atoms with van der Waals surface area (Å²) in [7, 11) is 0. The van der Waals surface area contributed by atoms with Gasteiger partial charge in [0, 0.05) is 13.0 Å². The van der Waals surface area contributed by atoms with Crippen LogP contribution in [0.5, 0.6) is 0 Å². The number of fused-ring (bicyclic) bond motifs is 1. The van der Waals surface area contributed by atoms with Gasteiger partial charge in [0.25, 0.3) is 0 Å². The zero-order valence-corrected chi connectivity index (χ0v) is 13.6. The quantitative estimate of drug-likeness (QED) is 0.503. The highest BCUT2D eigenvalue weighted by atomic mass is 32.1. The first-order valence-electron chi connectivity index (χ1n) is 6.94. The number of hydrogen-bond donors (Lipinski definition) is 2. The summed E-state index contributed by atoms with van der Waals surface area (Å²) in [5, 5.41) is 15.4. The molecule has 0 aliphatic heterocycles. The SMILES string of the molecule is O=C(O)CCCNc1nc(C(=O)c2cccs2)c2sccc2n1. The molecule has 0 unspecified atom stereocenters. The second kappa shape index (κ2) is 6.84. The van der Waals surface area contributed by atoms with E-state index < -0.39 is 5.97 Å². The normalized spacial score (nSPS) is 10.8. The number of aromatic nitrogens is 2. The van der Waals surface area contributed by atoms with E-state index in [1.807, 2.05) is 22.9 Å². The summed E-state index contributed by atoms with van der Waals surface area (Å²) < 4.78 is 0.763. The van der Waals surface area contributed by atoms with Gasteiger partial charge in [0.1, 0.15) is 5.69 Å². The first-order chi connectivity index (χ1) is 11.1. The number of nitrogens with zero attached hydrogens (tertiary/aromatic N) is 2. The fourth-order valence-electron chi connectivity index (χ4n) is 2.06. The van der Waals surface area contributed by atoms with Gasteiger partial charge in [-0.2, -0.15) is 0 Å². The summed E-state index contributed by atoms with van der Waals surface area (Å²) in [4.78, 5) is 32.5. The topological polar surface area (TPSA) is 92.2 Å². The van der Waals surface area contributed by atoms with E-state index in [9.17, 15) is 9.59 Å². The third-order valence-electron chi connectivity index (χ3n) is 3.11. The molecule has 0 saturated heterocycles. The number of carbonyl (C=O) groups is 2. The Morgan fingerprint density at radius 1 is 1.17 bits per heavy atom. The van der Waals surface area contributed by atoms with E-state index in [2.05, 4.69) is 15.3 Å². The Bertz CT molecular complexity index is 843. The first kappa shape index (κ1) is 15.6. The van der Waals surface area contributed by atoms with Gasteiger partial charge in [0.05, 0.1) is 15.1 Å². The molecule has 0 radical (unpaired) electrons. The van der Waals surface area contributed by atoms with Crippen LogP contribution in [-0.4, -0.2) is 33.4 Å². The van der Waals surface area contributed by atoms with Crippen molar-refractivity contribution < 1.29 is 14.7 Å². The van der Waals surface area contributed by atoms with Crippen molar-refractivity contribution in [2.24, 2.45) is 0 Å². The average Bonchev–Trinajstić information content (AvgIpc) is 3.20. The van der Waals surface area contributed by atoms with Crippen molar-refractivity contribution in [3.8, 4) is 0 Å². The second-order valence-corrected chi connectivity index (χ2v) is 6.63. The van der Waals surface area contributed by atoms with Crippen molar-refractivity contribution in [2.75, 3.05) is 11.9 Å². The fourth-order valence-corrected chi connectivity index (χ4v) is 3.54. The number of anilines is 1.